The van der Waals surface area contributed by atoms with Gasteiger partial charge in [-0.25, -0.2) is 4.39 Å². The van der Waals surface area contributed by atoms with Crippen molar-refractivity contribution in [2.75, 3.05) is 5.32 Å². The van der Waals surface area contributed by atoms with Crippen molar-refractivity contribution in [3.8, 4) is 11.4 Å². The van der Waals surface area contributed by atoms with Gasteiger partial charge in [-0.15, -0.1) is 0 Å². The monoisotopic (exact) mass is 313 g/mol. The van der Waals surface area contributed by atoms with Crippen LogP contribution in [0.1, 0.15) is 20.8 Å². The van der Waals surface area contributed by atoms with Gasteiger partial charge in [0.1, 0.15) is 5.82 Å². The van der Waals surface area contributed by atoms with Crippen molar-refractivity contribution in [3.63, 3.8) is 0 Å². The zero-order chi connectivity index (χ0) is 13.3. The number of aromatic nitrogens is 2. The van der Waals surface area contributed by atoms with Gasteiger partial charge in [-0.1, -0.05) is 5.16 Å². The van der Waals surface area contributed by atoms with Gasteiger partial charge in [0, 0.05) is 15.6 Å². The lowest BCUT2D eigenvalue weighted by Crippen LogP contribution is -2.26. The van der Waals surface area contributed by atoms with Gasteiger partial charge >= 0.3 is 6.01 Å². The molecule has 0 fully saturated rings. The molecule has 1 heterocycles. The van der Waals surface area contributed by atoms with E-state index < -0.39 is 0 Å². The molecule has 6 heteroatoms. The molecule has 0 saturated carbocycles. The molecule has 0 aliphatic carbocycles. The molecule has 0 bridgehead atoms. The number of hydrogen-bond acceptors (Lipinski definition) is 4. The van der Waals surface area contributed by atoms with Crippen LogP contribution in [-0.2, 0) is 0 Å². The first-order valence-electron chi connectivity index (χ1n) is 5.42. The second kappa shape index (κ2) is 4.68. The van der Waals surface area contributed by atoms with Gasteiger partial charge in [-0.3, -0.25) is 0 Å². The number of nitrogens with zero attached hydrogens (tertiary/aromatic N) is 2. The smallest absolute Gasteiger partial charge is 0.322 e. The minimum absolute atomic E-state index is 0.163. The summed E-state index contributed by atoms with van der Waals surface area (Å²) in [6.45, 7) is 5.97. The average molecular weight is 314 g/mol. The van der Waals surface area contributed by atoms with E-state index >= 15 is 0 Å². The van der Waals surface area contributed by atoms with E-state index in [1.54, 1.807) is 6.07 Å². The highest BCUT2D eigenvalue weighted by Crippen LogP contribution is 2.27. The van der Waals surface area contributed by atoms with Crippen molar-refractivity contribution in [1.29, 1.82) is 0 Å². The molecule has 1 aromatic heterocycles. The Bertz CT molecular complexity index is 563. The lowest BCUT2D eigenvalue weighted by atomic mass is 10.1. The van der Waals surface area contributed by atoms with Crippen molar-refractivity contribution in [1.82, 2.24) is 10.1 Å². The predicted octanol–water partition coefficient (Wildman–Crippen LogP) is 3.85. The van der Waals surface area contributed by atoms with Gasteiger partial charge in [0.2, 0.25) is 5.82 Å². The third-order valence-electron chi connectivity index (χ3n) is 2.08. The van der Waals surface area contributed by atoms with Crippen LogP contribution < -0.4 is 5.32 Å². The van der Waals surface area contributed by atoms with Crippen LogP contribution in [0.4, 0.5) is 10.4 Å². The van der Waals surface area contributed by atoms with Crippen LogP contribution in [0.15, 0.2) is 27.2 Å². The molecule has 4 nitrogen and oxygen atoms in total. The van der Waals surface area contributed by atoms with Crippen molar-refractivity contribution in [2.24, 2.45) is 0 Å². The SMILES string of the molecule is CC(C)(C)Nc1nc(-c2ccc(F)cc2Br)no1. The van der Waals surface area contributed by atoms with Crippen molar-refractivity contribution >= 4 is 21.9 Å². The second-order valence-corrected chi connectivity index (χ2v) is 5.78. The van der Waals surface area contributed by atoms with Gasteiger partial charge in [0.15, 0.2) is 0 Å². The average Bonchev–Trinajstić information content (AvgIpc) is 2.63. The highest BCUT2D eigenvalue weighted by Gasteiger charge is 2.16. The molecular formula is C12H13BrFN3O. The maximum atomic E-state index is 13.0. The Hall–Kier alpha value is -1.43. The largest absolute Gasteiger partial charge is 0.333 e. The Balaban J connectivity index is 2.29. The summed E-state index contributed by atoms with van der Waals surface area (Å²) in [6.07, 6.45) is 0. The predicted molar refractivity (Wildman–Crippen MR) is 70.8 cm³/mol. The van der Waals surface area contributed by atoms with E-state index in [1.165, 1.54) is 12.1 Å². The zero-order valence-electron chi connectivity index (χ0n) is 10.3. The molecule has 0 saturated heterocycles. The minimum atomic E-state index is -0.317. The summed E-state index contributed by atoms with van der Waals surface area (Å²) >= 11 is 3.27. The maximum absolute atomic E-state index is 13.0. The summed E-state index contributed by atoms with van der Waals surface area (Å²) in [5.74, 6) is 0.0933. The van der Waals surface area contributed by atoms with E-state index in [0.29, 0.717) is 21.9 Å². The van der Waals surface area contributed by atoms with E-state index in [9.17, 15) is 4.39 Å². The van der Waals surface area contributed by atoms with E-state index in [4.69, 9.17) is 4.52 Å². The van der Waals surface area contributed by atoms with Crippen molar-refractivity contribution in [3.05, 3.63) is 28.5 Å². The fourth-order valence-electron chi connectivity index (χ4n) is 1.38. The third-order valence-corrected chi connectivity index (χ3v) is 2.74. The lowest BCUT2D eigenvalue weighted by Gasteiger charge is -2.17. The van der Waals surface area contributed by atoms with E-state index in [0.717, 1.165) is 0 Å². The van der Waals surface area contributed by atoms with Crippen LogP contribution in [0.5, 0.6) is 0 Å². The summed E-state index contributed by atoms with van der Waals surface area (Å²) < 4.78 is 18.7. The Morgan fingerprint density at radius 2 is 2.06 bits per heavy atom. The van der Waals surface area contributed by atoms with Gasteiger partial charge in [-0.2, -0.15) is 4.98 Å². The molecule has 0 aliphatic heterocycles. The number of anilines is 1. The first-order valence-corrected chi connectivity index (χ1v) is 6.22. The Morgan fingerprint density at radius 3 is 2.67 bits per heavy atom. The topological polar surface area (TPSA) is 51.0 Å². The van der Waals surface area contributed by atoms with Crippen LogP contribution in [0, 0.1) is 5.82 Å². The first kappa shape index (κ1) is 13.0. The molecule has 0 unspecified atom stereocenters. The van der Waals surface area contributed by atoms with Gasteiger partial charge in [0.25, 0.3) is 0 Å². The molecule has 1 aromatic carbocycles. The normalized spacial score (nSPS) is 11.6. The Kier molecular flexibility index (Phi) is 3.38. The molecule has 2 aromatic rings. The number of benzene rings is 1. The molecule has 0 radical (unpaired) electrons. The van der Waals surface area contributed by atoms with E-state index in [1.807, 2.05) is 20.8 Å². The first-order chi connectivity index (χ1) is 8.35. The van der Waals surface area contributed by atoms with Crippen molar-refractivity contribution in [2.45, 2.75) is 26.3 Å². The molecular weight excluding hydrogens is 301 g/mol. The number of nitrogens with one attached hydrogen (secondary N) is 1. The van der Waals surface area contributed by atoms with Crippen LogP contribution >= 0.6 is 15.9 Å². The summed E-state index contributed by atoms with van der Waals surface area (Å²) in [5, 5.41) is 6.93. The van der Waals surface area contributed by atoms with Crippen molar-refractivity contribution < 1.29 is 8.91 Å². The summed E-state index contributed by atoms with van der Waals surface area (Å²) in [4.78, 5) is 4.22. The minimum Gasteiger partial charge on any atom is -0.333 e. The lowest BCUT2D eigenvalue weighted by molar-refractivity contribution is 0.420. The van der Waals surface area contributed by atoms with E-state index in [-0.39, 0.29) is 11.4 Å². The van der Waals surface area contributed by atoms with Crippen LogP contribution in [0.3, 0.4) is 0 Å². The summed E-state index contributed by atoms with van der Waals surface area (Å²) in [6, 6.07) is 4.66. The van der Waals surface area contributed by atoms with Crippen LogP contribution in [0.2, 0.25) is 0 Å². The van der Waals surface area contributed by atoms with Crippen LogP contribution in [0.25, 0.3) is 11.4 Å². The quantitative estimate of drug-likeness (QED) is 0.915. The number of rotatable bonds is 2. The standard InChI is InChI=1S/C12H13BrFN3O/c1-12(2,3)16-11-15-10(17-18-11)8-5-4-7(14)6-9(8)13/h4-6H,1-3H3,(H,15,16,17). The molecule has 0 atom stereocenters. The fraction of sp³-hybridized carbons (Fsp3) is 0.333. The molecule has 1 N–H and O–H groups in total. The molecule has 0 spiro atoms. The highest BCUT2D eigenvalue weighted by molar-refractivity contribution is 9.10. The molecule has 0 amide bonds. The molecule has 18 heavy (non-hydrogen) atoms. The third kappa shape index (κ3) is 3.07. The number of halogens is 2. The Morgan fingerprint density at radius 1 is 1.33 bits per heavy atom. The molecule has 96 valence electrons. The zero-order valence-corrected chi connectivity index (χ0v) is 11.9. The highest BCUT2D eigenvalue weighted by atomic mass is 79.9. The van der Waals surface area contributed by atoms with Gasteiger partial charge < -0.3 is 9.84 Å². The number of hydrogen-bond donors (Lipinski definition) is 1. The maximum Gasteiger partial charge on any atom is 0.322 e. The van der Waals surface area contributed by atoms with Crippen LogP contribution in [-0.4, -0.2) is 15.7 Å². The Labute approximate surface area is 113 Å². The molecule has 0 aliphatic rings. The van der Waals surface area contributed by atoms with E-state index in [2.05, 4.69) is 31.4 Å². The van der Waals surface area contributed by atoms with Gasteiger partial charge in [0.05, 0.1) is 0 Å². The summed E-state index contributed by atoms with van der Waals surface area (Å²) in [5.41, 5.74) is 0.520. The molecule has 2 rings (SSSR count). The van der Waals surface area contributed by atoms with Gasteiger partial charge in [-0.05, 0) is 54.9 Å². The second-order valence-electron chi connectivity index (χ2n) is 4.92. The fourth-order valence-corrected chi connectivity index (χ4v) is 1.90. The summed E-state index contributed by atoms with van der Waals surface area (Å²) in [7, 11) is 0.